The van der Waals surface area contributed by atoms with E-state index in [1.54, 1.807) is 0 Å². The molecular weight excluding hydrogens is 388 g/mol. The van der Waals surface area contributed by atoms with Gasteiger partial charge in [-0.2, -0.15) is 4.98 Å². The maximum absolute atomic E-state index is 14.6. The molecule has 1 aliphatic heterocycles. The molecule has 0 N–H and O–H groups in total. The second-order valence-corrected chi connectivity index (χ2v) is 6.59. The number of rotatable bonds is 1. The molecule has 1 aliphatic rings. The van der Waals surface area contributed by atoms with Gasteiger partial charge in [-0.3, -0.25) is 0 Å². The Morgan fingerprint density at radius 3 is 2.67 bits per heavy atom. The SMILES string of the molecule is CC.Cc1cccc2c1COCCN2c1nc(Cl)nc2c(Cl)ccc(F)c12. The molecule has 142 valence electrons. The Morgan fingerprint density at radius 1 is 1.11 bits per heavy atom. The number of fused-ring (bicyclic) bond motifs is 2. The predicted octanol–water partition coefficient (Wildman–Crippen LogP) is 6.08. The van der Waals surface area contributed by atoms with E-state index < -0.39 is 5.82 Å². The zero-order chi connectivity index (χ0) is 19.6. The Morgan fingerprint density at radius 2 is 1.89 bits per heavy atom. The number of aryl methyl sites for hydroxylation is 1. The molecule has 7 heteroatoms. The summed E-state index contributed by atoms with van der Waals surface area (Å²) in [5, 5.41) is 0.609. The smallest absolute Gasteiger partial charge is 0.224 e. The van der Waals surface area contributed by atoms with Crippen molar-refractivity contribution in [3.8, 4) is 0 Å². The number of hydrogen-bond donors (Lipinski definition) is 0. The topological polar surface area (TPSA) is 38.2 Å². The van der Waals surface area contributed by atoms with Crippen LogP contribution >= 0.6 is 23.2 Å². The zero-order valence-corrected chi connectivity index (χ0v) is 16.9. The fraction of sp³-hybridized carbons (Fsp3) is 0.300. The summed E-state index contributed by atoms with van der Waals surface area (Å²) in [5.41, 5.74) is 3.38. The Bertz CT molecular complexity index is 981. The second kappa shape index (κ2) is 8.38. The van der Waals surface area contributed by atoms with E-state index in [-0.39, 0.29) is 10.7 Å². The fourth-order valence-electron chi connectivity index (χ4n) is 3.12. The average molecular weight is 408 g/mol. The molecule has 4 rings (SSSR count). The molecule has 0 saturated heterocycles. The van der Waals surface area contributed by atoms with Gasteiger partial charge in [0.2, 0.25) is 5.28 Å². The first kappa shape index (κ1) is 19.8. The number of ether oxygens (including phenoxy) is 1. The molecule has 3 aromatic rings. The van der Waals surface area contributed by atoms with Crippen LogP contribution < -0.4 is 4.90 Å². The highest BCUT2D eigenvalue weighted by atomic mass is 35.5. The van der Waals surface area contributed by atoms with Gasteiger partial charge in [-0.1, -0.05) is 37.6 Å². The monoisotopic (exact) mass is 407 g/mol. The molecule has 4 nitrogen and oxygen atoms in total. The molecule has 0 spiro atoms. The normalized spacial score (nSPS) is 13.6. The second-order valence-electron chi connectivity index (χ2n) is 5.85. The molecule has 1 aromatic heterocycles. The molecule has 0 fully saturated rings. The van der Waals surface area contributed by atoms with Crippen LogP contribution in [0.2, 0.25) is 10.3 Å². The van der Waals surface area contributed by atoms with Crippen LogP contribution in [0.1, 0.15) is 25.0 Å². The molecule has 0 saturated carbocycles. The van der Waals surface area contributed by atoms with Gasteiger partial charge in [0.15, 0.2) is 0 Å². The zero-order valence-electron chi connectivity index (χ0n) is 15.4. The van der Waals surface area contributed by atoms with Gasteiger partial charge in [-0.15, -0.1) is 0 Å². The highest BCUT2D eigenvalue weighted by Gasteiger charge is 2.24. The third-order valence-electron chi connectivity index (χ3n) is 4.34. The predicted molar refractivity (Wildman–Crippen MR) is 109 cm³/mol. The summed E-state index contributed by atoms with van der Waals surface area (Å²) in [5.74, 6) is -0.0437. The Hall–Kier alpha value is -1.95. The minimum atomic E-state index is -0.439. The maximum atomic E-state index is 14.6. The minimum Gasteiger partial charge on any atom is -0.375 e. The van der Waals surface area contributed by atoms with E-state index in [2.05, 4.69) is 9.97 Å². The highest BCUT2D eigenvalue weighted by Crippen LogP contribution is 2.38. The molecular formula is C20H20Cl2FN3O. The lowest BCUT2D eigenvalue weighted by atomic mass is 10.1. The van der Waals surface area contributed by atoms with Crippen molar-refractivity contribution in [3.63, 3.8) is 0 Å². The lowest BCUT2D eigenvalue weighted by molar-refractivity contribution is 0.133. The first-order valence-electron chi connectivity index (χ1n) is 8.81. The van der Waals surface area contributed by atoms with Gasteiger partial charge in [0.1, 0.15) is 11.6 Å². The summed E-state index contributed by atoms with van der Waals surface area (Å²) in [7, 11) is 0. The Labute approximate surface area is 167 Å². The van der Waals surface area contributed by atoms with Crippen molar-refractivity contribution in [2.75, 3.05) is 18.1 Å². The van der Waals surface area contributed by atoms with E-state index in [4.69, 9.17) is 27.9 Å². The first-order valence-corrected chi connectivity index (χ1v) is 9.57. The molecule has 0 atom stereocenters. The number of hydrogen-bond acceptors (Lipinski definition) is 4. The molecule has 0 aliphatic carbocycles. The third-order valence-corrected chi connectivity index (χ3v) is 4.82. The van der Waals surface area contributed by atoms with Crippen LogP contribution in [0.5, 0.6) is 0 Å². The molecule has 0 bridgehead atoms. The van der Waals surface area contributed by atoms with Crippen LogP contribution in [0.4, 0.5) is 15.9 Å². The Balaban J connectivity index is 0.00000102. The fourth-order valence-corrected chi connectivity index (χ4v) is 3.48. The first-order chi connectivity index (χ1) is 13.1. The summed E-state index contributed by atoms with van der Waals surface area (Å²) in [6.45, 7) is 7.52. The van der Waals surface area contributed by atoms with E-state index in [0.29, 0.717) is 36.1 Å². The summed E-state index contributed by atoms with van der Waals surface area (Å²) in [6, 6.07) is 8.74. The minimum absolute atomic E-state index is 0.0226. The third kappa shape index (κ3) is 3.72. The molecule has 0 radical (unpaired) electrons. The maximum Gasteiger partial charge on any atom is 0.224 e. The van der Waals surface area contributed by atoms with Crippen molar-refractivity contribution in [2.45, 2.75) is 27.4 Å². The van der Waals surface area contributed by atoms with Crippen molar-refractivity contribution in [2.24, 2.45) is 0 Å². The van der Waals surface area contributed by atoms with Gasteiger partial charge < -0.3 is 9.64 Å². The number of nitrogens with zero attached hydrogens (tertiary/aromatic N) is 3. The lowest BCUT2D eigenvalue weighted by Gasteiger charge is -2.25. The summed E-state index contributed by atoms with van der Waals surface area (Å²) in [4.78, 5) is 10.4. The molecule has 0 amide bonds. The van der Waals surface area contributed by atoms with Gasteiger partial charge in [-0.05, 0) is 42.3 Å². The standard InChI is InChI=1S/C18H14Cl2FN3O.C2H6/c1-10-3-2-4-14-11(10)9-25-8-7-24(14)17-15-13(21)6-5-12(19)16(15)22-18(20)23-17;1-2/h2-6H,7-9H2,1H3;1-2H3. The van der Waals surface area contributed by atoms with E-state index in [9.17, 15) is 4.39 Å². The van der Waals surface area contributed by atoms with Crippen molar-refractivity contribution in [1.82, 2.24) is 9.97 Å². The lowest BCUT2D eigenvalue weighted by Crippen LogP contribution is -2.22. The van der Waals surface area contributed by atoms with Gasteiger partial charge in [0, 0.05) is 17.8 Å². The largest absolute Gasteiger partial charge is 0.375 e. The van der Waals surface area contributed by atoms with Gasteiger partial charge in [0.25, 0.3) is 0 Å². The van der Waals surface area contributed by atoms with Crippen molar-refractivity contribution < 1.29 is 9.13 Å². The summed E-state index contributed by atoms with van der Waals surface area (Å²) in [6.07, 6.45) is 0. The molecule has 2 aromatic carbocycles. The van der Waals surface area contributed by atoms with E-state index in [1.165, 1.54) is 12.1 Å². The van der Waals surface area contributed by atoms with Crippen LogP contribution in [0.15, 0.2) is 30.3 Å². The number of halogens is 3. The Kier molecular flexibility index (Phi) is 6.15. The molecule has 0 unspecified atom stereocenters. The number of aromatic nitrogens is 2. The summed E-state index contributed by atoms with van der Waals surface area (Å²) < 4.78 is 20.3. The summed E-state index contributed by atoms with van der Waals surface area (Å²) >= 11 is 12.3. The van der Waals surface area contributed by atoms with Crippen molar-refractivity contribution >= 4 is 45.6 Å². The number of benzene rings is 2. The average Bonchev–Trinajstić information content (AvgIpc) is 2.89. The highest BCUT2D eigenvalue weighted by molar-refractivity contribution is 6.36. The van der Waals surface area contributed by atoms with E-state index in [0.717, 1.165) is 16.8 Å². The van der Waals surface area contributed by atoms with Crippen LogP contribution in [0.3, 0.4) is 0 Å². The van der Waals surface area contributed by atoms with Crippen LogP contribution in [0.25, 0.3) is 10.9 Å². The quantitative estimate of drug-likeness (QED) is 0.458. The van der Waals surface area contributed by atoms with Gasteiger partial charge in [0.05, 0.1) is 29.1 Å². The van der Waals surface area contributed by atoms with Crippen LogP contribution in [0, 0.1) is 12.7 Å². The van der Waals surface area contributed by atoms with Crippen LogP contribution in [-0.2, 0) is 11.3 Å². The van der Waals surface area contributed by atoms with E-state index in [1.807, 2.05) is 43.9 Å². The molecule has 2 heterocycles. The van der Waals surface area contributed by atoms with Gasteiger partial charge >= 0.3 is 0 Å². The number of anilines is 2. The van der Waals surface area contributed by atoms with E-state index >= 15 is 0 Å². The molecule has 27 heavy (non-hydrogen) atoms. The van der Waals surface area contributed by atoms with Crippen molar-refractivity contribution in [3.05, 3.63) is 57.6 Å². The van der Waals surface area contributed by atoms with Gasteiger partial charge in [-0.25, -0.2) is 9.37 Å². The van der Waals surface area contributed by atoms with Crippen molar-refractivity contribution in [1.29, 1.82) is 0 Å². The van der Waals surface area contributed by atoms with Crippen LogP contribution in [-0.4, -0.2) is 23.1 Å².